The van der Waals surface area contributed by atoms with Crippen molar-refractivity contribution in [2.75, 3.05) is 31.8 Å². The van der Waals surface area contributed by atoms with Gasteiger partial charge in [-0.3, -0.25) is 9.69 Å². The van der Waals surface area contributed by atoms with E-state index in [-0.39, 0.29) is 30.3 Å². The first-order chi connectivity index (χ1) is 16.4. The summed E-state index contributed by atoms with van der Waals surface area (Å²) >= 11 is 0. The molecule has 0 N–H and O–H groups in total. The summed E-state index contributed by atoms with van der Waals surface area (Å²) in [7, 11) is 1.28. The molecule has 0 unspecified atom stereocenters. The Morgan fingerprint density at radius 1 is 0.912 bits per heavy atom. The highest BCUT2D eigenvalue weighted by Crippen LogP contribution is 2.36. The number of hydrogen-bond donors (Lipinski definition) is 0. The molecule has 0 aliphatic carbocycles. The number of methoxy groups -OCH3 is 1. The van der Waals surface area contributed by atoms with Crippen LogP contribution < -0.4 is 14.4 Å². The van der Waals surface area contributed by atoms with E-state index in [1.54, 1.807) is 68.5 Å². The fourth-order valence-corrected chi connectivity index (χ4v) is 3.48. The van der Waals surface area contributed by atoms with Gasteiger partial charge in [0.05, 0.1) is 31.5 Å². The molecule has 0 bridgehead atoms. The number of ether oxygens (including phenoxy) is 4. The standard InChI is InChI=1S/C26H27NO7/c1-5-32-20-13-9-19(10-14-20)27-17(3)24(26(30)33-6-2)22(25(27)29)15-18-7-11-21(12-8-18)34-16-23(28)31-4/h7-15H,5-6,16H2,1-4H3/b22-15-. The number of rotatable bonds is 9. The smallest absolute Gasteiger partial charge is 0.343 e. The molecule has 0 spiro atoms. The highest BCUT2D eigenvalue weighted by Gasteiger charge is 2.38. The van der Waals surface area contributed by atoms with E-state index < -0.39 is 11.9 Å². The highest BCUT2D eigenvalue weighted by atomic mass is 16.6. The summed E-state index contributed by atoms with van der Waals surface area (Å²) in [5.41, 5.74) is 2.22. The third kappa shape index (κ3) is 5.46. The molecule has 0 fully saturated rings. The number of carbonyl (C=O) groups is 3. The van der Waals surface area contributed by atoms with Gasteiger partial charge in [-0.15, -0.1) is 0 Å². The predicted molar refractivity (Wildman–Crippen MR) is 126 cm³/mol. The van der Waals surface area contributed by atoms with E-state index in [2.05, 4.69) is 4.74 Å². The molecular weight excluding hydrogens is 438 g/mol. The SMILES string of the molecule is CCOC(=O)C1=C(C)N(c2ccc(OCC)cc2)C(=O)/C1=C\c1ccc(OCC(=O)OC)cc1. The quantitative estimate of drug-likeness (QED) is 0.410. The van der Waals surface area contributed by atoms with E-state index in [1.165, 1.54) is 12.0 Å². The van der Waals surface area contributed by atoms with Crippen molar-refractivity contribution in [2.45, 2.75) is 20.8 Å². The Morgan fingerprint density at radius 2 is 1.53 bits per heavy atom. The lowest BCUT2D eigenvalue weighted by Crippen LogP contribution is -2.24. The molecule has 0 atom stereocenters. The van der Waals surface area contributed by atoms with Gasteiger partial charge in [0.15, 0.2) is 6.61 Å². The fourth-order valence-electron chi connectivity index (χ4n) is 3.48. The van der Waals surface area contributed by atoms with Gasteiger partial charge in [-0.2, -0.15) is 0 Å². The van der Waals surface area contributed by atoms with E-state index in [9.17, 15) is 14.4 Å². The van der Waals surface area contributed by atoms with Crippen molar-refractivity contribution in [3.05, 3.63) is 70.9 Å². The molecular formula is C26H27NO7. The summed E-state index contributed by atoms with van der Waals surface area (Å²) in [6, 6.07) is 13.9. The molecule has 1 amide bonds. The third-order valence-corrected chi connectivity index (χ3v) is 5.06. The Bertz CT molecular complexity index is 1110. The van der Waals surface area contributed by atoms with Crippen molar-refractivity contribution >= 4 is 29.6 Å². The van der Waals surface area contributed by atoms with Gasteiger partial charge in [-0.1, -0.05) is 12.1 Å². The average molecular weight is 466 g/mol. The van der Waals surface area contributed by atoms with Gasteiger partial charge in [0.2, 0.25) is 0 Å². The van der Waals surface area contributed by atoms with Gasteiger partial charge in [0, 0.05) is 11.4 Å². The lowest BCUT2D eigenvalue weighted by Gasteiger charge is -2.18. The first kappa shape index (κ1) is 24.6. The zero-order chi connectivity index (χ0) is 24.7. The molecule has 0 radical (unpaired) electrons. The second-order valence-electron chi connectivity index (χ2n) is 7.24. The van der Waals surface area contributed by atoms with Crippen LogP contribution in [-0.2, 0) is 23.9 Å². The Kier molecular flexibility index (Phi) is 8.08. The molecule has 2 aromatic carbocycles. The van der Waals surface area contributed by atoms with Crippen LogP contribution in [0.4, 0.5) is 5.69 Å². The van der Waals surface area contributed by atoms with Crippen molar-refractivity contribution in [3.8, 4) is 11.5 Å². The van der Waals surface area contributed by atoms with E-state index in [1.807, 2.05) is 6.92 Å². The Hall–Kier alpha value is -4.07. The van der Waals surface area contributed by atoms with Crippen LogP contribution in [-0.4, -0.2) is 44.8 Å². The average Bonchev–Trinajstić information content (AvgIpc) is 3.08. The van der Waals surface area contributed by atoms with Gasteiger partial charge in [0.25, 0.3) is 5.91 Å². The second-order valence-corrected chi connectivity index (χ2v) is 7.24. The van der Waals surface area contributed by atoms with Gasteiger partial charge < -0.3 is 18.9 Å². The Morgan fingerprint density at radius 3 is 2.12 bits per heavy atom. The molecule has 8 nitrogen and oxygen atoms in total. The summed E-state index contributed by atoms with van der Waals surface area (Å²) in [6.45, 7) is 5.84. The number of anilines is 1. The van der Waals surface area contributed by atoms with Gasteiger partial charge in [-0.05, 0) is 68.8 Å². The Labute approximate surface area is 198 Å². The van der Waals surface area contributed by atoms with Crippen LogP contribution in [0.15, 0.2) is 65.4 Å². The van der Waals surface area contributed by atoms with Crippen molar-refractivity contribution in [3.63, 3.8) is 0 Å². The molecule has 1 aliphatic heterocycles. The maximum atomic E-state index is 13.4. The minimum atomic E-state index is -0.564. The van der Waals surface area contributed by atoms with Crippen molar-refractivity contribution < 1.29 is 33.3 Å². The lowest BCUT2D eigenvalue weighted by atomic mass is 10.0. The summed E-state index contributed by atoms with van der Waals surface area (Å²) < 4.78 is 20.6. The number of allylic oxidation sites excluding steroid dienone is 1. The van der Waals surface area contributed by atoms with Gasteiger partial charge in [0.1, 0.15) is 11.5 Å². The number of benzene rings is 2. The third-order valence-electron chi connectivity index (χ3n) is 5.06. The van der Waals surface area contributed by atoms with Crippen LogP contribution in [0, 0.1) is 0 Å². The topological polar surface area (TPSA) is 91.4 Å². The molecule has 1 aliphatic rings. The van der Waals surface area contributed by atoms with E-state index in [0.29, 0.717) is 35.1 Å². The number of carbonyl (C=O) groups excluding carboxylic acids is 3. The van der Waals surface area contributed by atoms with Crippen molar-refractivity contribution in [2.24, 2.45) is 0 Å². The van der Waals surface area contributed by atoms with Gasteiger partial charge >= 0.3 is 11.9 Å². The van der Waals surface area contributed by atoms with Crippen LogP contribution >= 0.6 is 0 Å². The monoisotopic (exact) mass is 465 g/mol. The number of hydrogen-bond acceptors (Lipinski definition) is 7. The van der Waals surface area contributed by atoms with Crippen LogP contribution in [0.1, 0.15) is 26.3 Å². The van der Waals surface area contributed by atoms with E-state index in [0.717, 1.165) is 0 Å². The van der Waals surface area contributed by atoms with Crippen LogP contribution in [0.25, 0.3) is 6.08 Å². The van der Waals surface area contributed by atoms with Crippen LogP contribution in [0.2, 0.25) is 0 Å². The van der Waals surface area contributed by atoms with E-state index >= 15 is 0 Å². The lowest BCUT2D eigenvalue weighted by molar-refractivity contribution is -0.143. The molecule has 0 saturated carbocycles. The second kappa shape index (κ2) is 11.2. The summed E-state index contributed by atoms with van der Waals surface area (Å²) in [4.78, 5) is 38.9. The minimum Gasteiger partial charge on any atom is -0.494 e. The normalized spacial score (nSPS) is 14.4. The Balaban J connectivity index is 1.93. The summed E-state index contributed by atoms with van der Waals surface area (Å²) in [6.07, 6.45) is 1.64. The molecule has 34 heavy (non-hydrogen) atoms. The number of nitrogens with zero attached hydrogens (tertiary/aromatic N) is 1. The molecule has 2 aromatic rings. The zero-order valence-electron chi connectivity index (χ0n) is 19.6. The fraction of sp³-hybridized carbons (Fsp3) is 0.269. The predicted octanol–water partition coefficient (Wildman–Crippen LogP) is 3.90. The largest absolute Gasteiger partial charge is 0.494 e. The number of amides is 1. The molecule has 1 heterocycles. The molecule has 0 saturated heterocycles. The zero-order valence-corrected chi connectivity index (χ0v) is 19.6. The van der Waals surface area contributed by atoms with Crippen LogP contribution in [0.3, 0.4) is 0 Å². The highest BCUT2D eigenvalue weighted by molar-refractivity contribution is 6.23. The first-order valence-electron chi connectivity index (χ1n) is 10.9. The van der Waals surface area contributed by atoms with Crippen molar-refractivity contribution in [1.29, 1.82) is 0 Å². The van der Waals surface area contributed by atoms with Crippen LogP contribution in [0.5, 0.6) is 11.5 Å². The minimum absolute atomic E-state index is 0.187. The maximum absolute atomic E-state index is 13.4. The summed E-state index contributed by atoms with van der Waals surface area (Å²) in [5.74, 6) is -0.229. The van der Waals surface area contributed by atoms with E-state index in [4.69, 9.17) is 14.2 Å². The van der Waals surface area contributed by atoms with Crippen molar-refractivity contribution in [1.82, 2.24) is 0 Å². The molecule has 0 aromatic heterocycles. The molecule has 8 heteroatoms. The first-order valence-corrected chi connectivity index (χ1v) is 10.9. The molecule has 3 rings (SSSR count). The number of esters is 2. The maximum Gasteiger partial charge on any atom is 0.343 e. The summed E-state index contributed by atoms with van der Waals surface area (Å²) in [5, 5.41) is 0. The molecule has 178 valence electrons. The van der Waals surface area contributed by atoms with Gasteiger partial charge in [-0.25, -0.2) is 9.59 Å².